The van der Waals surface area contributed by atoms with Gasteiger partial charge in [-0.1, -0.05) is 28.8 Å². The first-order chi connectivity index (χ1) is 10.1. The van der Waals surface area contributed by atoms with Crippen LogP contribution >= 0.6 is 15.9 Å². The molecule has 2 rings (SSSR count). The van der Waals surface area contributed by atoms with Crippen LogP contribution in [0.4, 0.5) is 0 Å². The van der Waals surface area contributed by atoms with Crippen LogP contribution in [0.2, 0.25) is 0 Å². The number of halogens is 1. The Hall–Kier alpha value is -1.52. The number of nitrogens with zero attached hydrogens (tertiary/aromatic N) is 1. The van der Waals surface area contributed by atoms with E-state index in [0.29, 0.717) is 17.2 Å². The van der Waals surface area contributed by atoms with E-state index >= 15 is 0 Å². The van der Waals surface area contributed by atoms with Crippen molar-refractivity contribution in [3.05, 3.63) is 16.1 Å². The van der Waals surface area contributed by atoms with Crippen molar-refractivity contribution in [1.82, 2.24) is 0 Å². The zero-order valence-corrected chi connectivity index (χ0v) is 13.9. The van der Waals surface area contributed by atoms with Crippen LogP contribution in [0.3, 0.4) is 0 Å². The number of isocyanates is 1. The van der Waals surface area contributed by atoms with Gasteiger partial charge >= 0.3 is 0 Å². The molecule has 0 radical (unpaired) electrons. The maximum atomic E-state index is 10.9. The Morgan fingerprint density at radius 2 is 1.76 bits per heavy atom. The average Bonchev–Trinajstić information content (AvgIpc) is 2.95. The molecule has 114 valence electrons. The zero-order chi connectivity index (χ0) is 15.5. The van der Waals surface area contributed by atoms with E-state index in [2.05, 4.69) is 20.9 Å². The third-order valence-electron chi connectivity index (χ3n) is 3.94. The molecule has 0 unspecified atom stereocenters. The van der Waals surface area contributed by atoms with Crippen LogP contribution in [0, 0.1) is 0 Å². The zero-order valence-electron chi connectivity index (χ0n) is 12.4. The summed E-state index contributed by atoms with van der Waals surface area (Å²) in [4.78, 5) is 15.0. The summed E-state index contributed by atoms with van der Waals surface area (Å²) in [5, 5.41) is 0. The molecule has 1 aliphatic carbocycles. The minimum atomic E-state index is -0.606. The molecule has 0 spiro atoms. The van der Waals surface area contributed by atoms with Gasteiger partial charge in [-0.25, -0.2) is 4.79 Å². The largest absolute Gasteiger partial charge is 0.493 e. The van der Waals surface area contributed by atoms with Gasteiger partial charge in [0, 0.05) is 10.0 Å². The third kappa shape index (κ3) is 2.65. The van der Waals surface area contributed by atoms with Crippen LogP contribution in [0.25, 0.3) is 0 Å². The summed E-state index contributed by atoms with van der Waals surface area (Å²) in [5.74, 6) is 1.61. The lowest BCUT2D eigenvalue weighted by Gasteiger charge is -2.28. The molecule has 1 aromatic carbocycles. The Kier molecular flexibility index (Phi) is 4.91. The molecule has 1 fully saturated rings. The molecule has 5 nitrogen and oxygen atoms in total. The van der Waals surface area contributed by atoms with Crippen molar-refractivity contribution >= 4 is 22.0 Å². The number of methoxy groups -OCH3 is 3. The van der Waals surface area contributed by atoms with Gasteiger partial charge in [-0.2, -0.15) is 4.99 Å². The minimum absolute atomic E-state index is 0.505. The van der Waals surface area contributed by atoms with Crippen LogP contribution < -0.4 is 14.2 Å². The lowest BCUT2D eigenvalue weighted by Crippen LogP contribution is -2.21. The molecule has 0 heterocycles. The summed E-state index contributed by atoms with van der Waals surface area (Å²) in [6.45, 7) is 0. The van der Waals surface area contributed by atoms with Crippen molar-refractivity contribution in [3.8, 4) is 17.2 Å². The van der Waals surface area contributed by atoms with Gasteiger partial charge in [0.25, 0.3) is 0 Å². The summed E-state index contributed by atoms with van der Waals surface area (Å²) in [6, 6.07) is 1.82. The molecule has 0 aliphatic heterocycles. The molecule has 1 saturated carbocycles. The first kappa shape index (κ1) is 15.9. The number of aliphatic imine (C=N–C) groups is 1. The first-order valence-corrected chi connectivity index (χ1v) is 7.50. The van der Waals surface area contributed by atoms with Gasteiger partial charge in [0.2, 0.25) is 11.8 Å². The summed E-state index contributed by atoms with van der Waals surface area (Å²) in [6.07, 6.45) is 5.31. The molecular weight excluding hydrogens is 338 g/mol. The normalized spacial score (nSPS) is 16.2. The van der Waals surface area contributed by atoms with E-state index in [9.17, 15) is 4.79 Å². The van der Waals surface area contributed by atoms with Crippen molar-refractivity contribution in [1.29, 1.82) is 0 Å². The maximum absolute atomic E-state index is 10.9. The second kappa shape index (κ2) is 6.50. The minimum Gasteiger partial charge on any atom is -0.493 e. The highest BCUT2D eigenvalue weighted by Crippen LogP contribution is 2.53. The standard InChI is InChI=1S/C15H18BrNO4/c1-19-11-8-10(16)12(14(21-3)13(11)20-2)15(17-9-18)6-4-5-7-15/h8H,4-7H2,1-3H3. The fourth-order valence-corrected chi connectivity index (χ4v) is 3.78. The number of carbonyl (C=O) groups excluding carboxylic acids is 1. The molecule has 1 aromatic rings. The first-order valence-electron chi connectivity index (χ1n) is 6.71. The van der Waals surface area contributed by atoms with Gasteiger partial charge in [0.15, 0.2) is 11.5 Å². The fraction of sp³-hybridized carbons (Fsp3) is 0.533. The van der Waals surface area contributed by atoms with Gasteiger partial charge in [0.05, 0.1) is 21.3 Å². The highest BCUT2D eigenvalue weighted by Gasteiger charge is 2.41. The van der Waals surface area contributed by atoms with Crippen LogP contribution in [0.1, 0.15) is 31.2 Å². The van der Waals surface area contributed by atoms with Crippen LogP contribution in [0.5, 0.6) is 17.2 Å². The quantitative estimate of drug-likeness (QED) is 0.598. The van der Waals surface area contributed by atoms with Gasteiger partial charge in [-0.15, -0.1) is 0 Å². The number of hydrogen-bond donors (Lipinski definition) is 0. The second-order valence-corrected chi connectivity index (χ2v) is 5.80. The molecule has 1 aliphatic rings. The van der Waals surface area contributed by atoms with Gasteiger partial charge in [-0.05, 0) is 18.9 Å². The third-order valence-corrected chi connectivity index (χ3v) is 4.56. The van der Waals surface area contributed by atoms with Crippen molar-refractivity contribution in [2.75, 3.05) is 21.3 Å². The van der Waals surface area contributed by atoms with Crippen LogP contribution in [-0.4, -0.2) is 27.4 Å². The highest BCUT2D eigenvalue weighted by molar-refractivity contribution is 9.10. The predicted molar refractivity (Wildman–Crippen MR) is 82.1 cm³/mol. The number of hydrogen-bond acceptors (Lipinski definition) is 5. The Morgan fingerprint density at radius 1 is 1.14 bits per heavy atom. The van der Waals surface area contributed by atoms with Gasteiger partial charge in [-0.3, -0.25) is 0 Å². The molecule has 6 heteroatoms. The van der Waals surface area contributed by atoms with E-state index < -0.39 is 5.54 Å². The summed E-state index contributed by atoms with van der Waals surface area (Å²) in [7, 11) is 4.70. The van der Waals surface area contributed by atoms with E-state index in [0.717, 1.165) is 35.7 Å². The van der Waals surface area contributed by atoms with Crippen molar-refractivity contribution in [2.45, 2.75) is 31.2 Å². The Morgan fingerprint density at radius 3 is 2.24 bits per heavy atom. The molecule has 21 heavy (non-hydrogen) atoms. The summed E-state index contributed by atoms with van der Waals surface area (Å²) >= 11 is 3.55. The molecule has 0 N–H and O–H groups in total. The van der Waals surface area contributed by atoms with Crippen molar-refractivity contribution in [3.63, 3.8) is 0 Å². The Bertz CT molecular complexity index is 576. The van der Waals surface area contributed by atoms with E-state index in [1.54, 1.807) is 27.4 Å². The second-order valence-electron chi connectivity index (χ2n) is 4.94. The smallest absolute Gasteiger partial charge is 0.235 e. The Labute approximate surface area is 132 Å². The molecular formula is C15H18BrNO4. The SMILES string of the molecule is COc1cc(Br)c(C2(N=C=O)CCCC2)c(OC)c1OC. The molecule has 0 bridgehead atoms. The lowest BCUT2D eigenvalue weighted by atomic mass is 9.87. The number of benzene rings is 1. The topological polar surface area (TPSA) is 57.1 Å². The lowest BCUT2D eigenvalue weighted by molar-refractivity contribution is 0.313. The van der Waals surface area contributed by atoms with Crippen LogP contribution in [-0.2, 0) is 10.3 Å². The number of rotatable bonds is 5. The summed E-state index contributed by atoms with van der Waals surface area (Å²) in [5.41, 5.74) is 0.217. The predicted octanol–water partition coefficient (Wildman–Crippen LogP) is 3.58. The Balaban J connectivity index is 2.75. The summed E-state index contributed by atoms with van der Waals surface area (Å²) < 4.78 is 17.1. The van der Waals surface area contributed by atoms with Crippen molar-refractivity contribution in [2.24, 2.45) is 4.99 Å². The van der Waals surface area contributed by atoms with Crippen LogP contribution in [0.15, 0.2) is 15.5 Å². The molecule has 0 amide bonds. The van der Waals surface area contributed by atoms with Crippen molar-refractivity contribution < 1.29 is 19.0 Å². The average molecular weight is 356 g/mol. The highest BCUT2D eigenvalue weighted by atomic mass is 79.9. The van der Waals surface area contributed by atoms with E-state index in [-0.39, 0.29) is 0 Å². The molecule has 0 aromatic heterocycles. The van der Waals surface area contributed by atoms with Gasteiger partial charge in [0.1, 0.15) is 5.54 Å². The van der Waals surface area contributed by atoms with Gasteiger partial charge < -0.3 is 14.2 Å². The van der Waals surface area contributed by atoms with E-state index in [1.807, 2.05) is 6.07 Å². The molecule has 0 saturated heterocycles. The van der Waals surface area contributed by atoms with E-state index in [1.165, 1.54) is 0 Å². The monoisotopic (exact) mass is 355 g/mol. The molecule has 0 atom stereocenters. The van der Waals surface area contributed by atoms with E-state index in [4.69, 9.17) is 14.2 Å². The maximum Gasteiger partial charge on any atom is 0.235 e. The number of ether oxygens (including phenoxy) is 3. The fourth-order valence-electron chi connectivity index (χ4n) is 3.02.